The number of rotatable bonds is 7. The highest BCUT2D eigenvalue weighted by Crippen LogP contribution is 2.18. The van der Waals surface area contributed by atoms with Gasteiger partial charge in [-0.15, -0.1) is 10.2 Å². The fraction of sp³-hybridized carbons (Fsp3) is 0.429. The summed E-state index contributed by atoms with van der Waals surface area (Å²) in [6, 6.07) is 3.30. The van der Waals surface area contributed by atoms with Gasteiger partial charge in [0.1, 0.15) is 5.01 Å². The van der Waals surface area contributed by atoms with Crippen LogP contribution in [0.1, 0.15) is 41.6 Å². The Hall–Kier alpha value is -2.02. The van der Waals surface area contributed by atoms with Crippen LogP contribution in [0.2, 0.25) is 0 Å². The Morgan fingerprint density at radius 1 is 1.33 bits per heavy atom. The molecule has 0 bridgehead atoms. The molecule has 2 rings (SSSR count). The zero-order chi connectivity index (χ0) is 15.1. The molecule has 0 saturated heterocycles. The standard InChI is InChI=1S/C14H18N4O2S/c1-3-4-5-6-12-17-18-14(21-12)16-13(19)10-7-8-11(20-2)15-9-10/h7-9H,3-6H2,1-2H3,(H,16,18,19). The van der Waals surface area contributed by atoms with Crippen LogP contribution in [0, 0.1) is 0 Å². The molecule has 0 spiro atoms. The lowest BCUT2D eigenvalue weighted by Crippen LogP contribution is -2.12. The van der Waals surface area contributed by atoms with E-state index in [0.29, 0.717) is 16.6 Å². The molecule has 2 heterocycles. The second-order valence-electron chi connectivity index (χ2n) is 4.50. The minimum Gasteiger partial charge on any atom is -0.481 e. The van der Waals surface area contributed by atoms with Crippen molar-refractivity contribution in [3.8, 4) is 5.88 Å². The van der Waals surface area contributed by atoms with Gasteiger partial charge in [-0.05, 0) is 12.5 Å². The lowest BCUT2D eigenvalue weighted by Gasteiger charge is -2.02. The molecule has 0 saturated carbocycles. The van der Waals surface area contributed by atoms with Crippen molar-refractivity contribution in [1.29, 1.82) is 0 Å². The van der Waals surface area contributed by atoms with E-state index in [-0.39, 0.29) is 5.91 Å². The largest absolute Gasteiger partial charge is 0.481 e. The van der Waals surface area contributed by atoms with Crippen LogP contribution in [0.15, 0.2) is 18.3 Å². The van der Waals surface area contributed by atoms with E-state index in [2.05, 4.69) is 27.4 Å². The van der Waals surface area contributed by atoms with Gasteiger partial charge < -0.3 is 4.74 Å². The second-order valence-corrected chi connectivity index (χ2v) is 5.56. The van der Waals surface area contributed by atoms with Crippen LogP contribution in [0.3, 0.4) is 0 Å². The first kappa shape index (κ1) is 15.4. The predicted octanol–water partition coefficient (Wildman–Crippen LogP) is 2.93. The number of aromatic nitrogens is 3. The number of nitrogens with one attached hydrogen (secondary N) is 1. The molecule has 2 aromatic heterocycles. The molecule has 1 amide bonds. The van der Waals surface area contributed by atoms with Crippen molar-refractivity contribution >= 4 is 22.4 Å². The van der Waals surface area contributed by atoms with Crippen LogP contribution >= 0.6 is 11.3 Å². The summed E-state index contributed by atoms with van der Waals surface area (Å²) in [5.41, 5.74) is 0.457. The number of nitrogens with zero attached hydrogens (tertiary/aromatic N) is 3. The topological polar surface area (TPSA) is 77.0 Å². The highest BCUT2D eigenvalue weighted by Gasteiger charge is 2.10. The number of pyridine rings is 1. The average molecular weight is 306 g/mol. The summed E-state index contributed by atoms with van der Waals surface area (Å²) in [7, 11) is 1.53. The second kappa shape index (κ2) is 7.68. The Bertz CT molecular complexity index is 583. The number of ether oxygens (including phenoxy) is 1. The van der Waals surface area contributed by atoms with Crippen molar-refractivity contribution < 1.29 is 9.53 Å². The van der Waals surface area contributed by atoms with Crippen molar-refractivity contribution in [2.75, 3.05) is 12.4 Å². The number of aryl methyl sites for hydroxylation is 1. The normalized spacial score (nSPS) is 10.4. The SMILES string of the molecule is CCCCCc1nnc(NC(=O)c2ccc(OC)nc2)s1. The maximum atomic E-state index is 12.0. The van der Waals surface area contributed by atoms with Gasteiger partial charge in [0.15, 0.2) is 0 Å². The maximum Gasteiger partial charge on any atom is 0.259 e. The minimum atomic E-state index is -0.249. The molecule has 0 aliphatic heterocycles. The predicted molar refractivity (Wildman–Crippen MR) is 81.9 cm³/mol. The quantitative estimate of drug-likeness (QED) is 0.796. The van der Waals surface area contributed by atoms with E-state index < -0.39 is 0 Å². The third kappa shape index (κ3) is 4.49. The van der Waals surface area contributed by atoms with Crippen LogP contribution in [0.5, 0.6) is 5.88 Å². The van der Waals surface area contributed by atoms with Gasteiger partial charge in [0.2, 0.25) is 11.0 Å². The summed E-state index contributed by atoms with van der Waals surface area (Å²) < 4.78 is 4.95. The Morgan fingerprint density at radius 3 is 2.86 bits per heavy atom. The van der Waals surface area contributed by atoms with Gasteiger partial charge in [-0.2, -0.15) is 0 Å². The van der Waals surface area contributed by atoms with Gasteiger partial charge in [-0.1, -0.05) is 31.1 Å². The number of carbonyl (C=O) groups excluding carboxylic acids is 1. The third-order valence-electron chi connectivity index (χ3n) is 2.89. The molecule has 112 valence electrons. The van der Waals surface area contributed by atoms with E-state index in [9.17, 15) is 4.79 Å². The van der Waals surface area contributed by atoms with Gasteiger partial charge in [0, 0.05) is 18.7 Å². The molecule has 2 aromatic rings. The molecule has 0 radical (unpaired) electrons. The smallest absolute Gasteiger partial charge is 0.259 e. The summed E-state index contributed by atoms with van der Waals surface area (Å²) >= 11 is 1.41. The van der Waals surface area contributed by atoms with Crippen molar-refractivity contribution in [2.24, 2.45) is 0 Å². The van der Waals surface area contributed by atoms with E-state index in [1.807, 2.05) is 0 Å². The summed E-state index contributed by atoms with van der Waals surface area (Å²) in [5.74, 6) is 0.224. The molecule has 7 heteroatoms. The van der Waals surface area contributed by atoms with Crippen LogP contribution < -0.4 is 10.1 Å². The molecule has 0 fully saturated rings. The summed E-state index contributed by atoms with van der Waals surface area (Å²) in [6.07, 6.45) is 5.83. The molecule has 6 nitrogen and oxygen atoms in total. The molecular formula is C14H18N4O2S. The van der Waals surface area contributed by atoms with Gasteiger partial charge in [-0.25, -0.2) is 4.98 Å². The molecule has 0 aliphatic carbocycles. The van der Waals surface area contributed by atoms with Crippen molar-refractivity contribution in [2.45, 2.75) is 32.6 Å². The molecule has 0 atom stereocenters. The van der Waals surface area contributed by atoms with Gasteiger partial charge in [0.25, 0.3) is 5.91 Å². The van der Waals surface area contributed by atoms with Crippen LogP contribution in [-0.2, 0) is 6.42 Å². The molecule has 1 N–H and O–H groups in total. The molecule has 21 heavy (non-hydrogen) atoms. The van der Waals surface area contributed by atoms with E-state index in [1.54, 1.807) is 12.1 Å². The fourth-order valence-corrected chi connectivity index (χ4v) is 2.51. The number of methoxy groups -OCH3 is 1. The van der Waals surface area contributed by atoms with Crippen LogP contribution in [-0.4, -0.2) is 28.2 Å². The zero-order valence-electron chi connectivity index (χ0n) is 12.1. The van der Waals surface area contributed by atoms with Crippen LogP contribution in [0.25, 0.3) is 0 Å². The number of unbranched alkanes of at least 4 members (excludes halogenated alkanes) is 2. The van der Waals surface area contributed by atoms with Crippen molar-refractivity contribution in [3.05, 3.63) is 28.9 Å². The first-order chi connectivity index (χ1) is 10.2. The number of hydrogen-bond acceptors (Lipinski definition) is 6. The Morgan fingerprint density at radius 2 is 2.19 bits per heavy atom. The van der Waals surface area contributed by atoms with Gasteiger partial charge in [0.05, 0.1) is 12.7 Å². The van der Waals surface area contributed by atoms with Crippen LogP contribution in [0.4, 0.5) is 5.13 Å². The summed E-state index contributed by atoms with van der Waals surface area (Å²) in [5, 5.41) is 12.3. The van der Waals surface area contributed by atoms with Gasteiger partial charge >= 0.3 is 0 Å². The van der Waals surface area contributed by atoms with E-state index in [1.165, 1.54) is 37.5 Å². The lowest BCUT2D eigenvalue weighted by atomic mass is 10.2. The minimum absolute atomic E-state index is 0.249. The molecule has 0 aromatic carbocycles. The molecule has 0 unspecified atom stereocenters. The van der Waals surface area contributed by atoms with E-state index >= 15 is 0 Å². The lowest BCUT2D eigenvalue weighted by molar-refractivity contribution is 0.102. The van der Waals surface area contributed by atoms with Crippen molar-refractivity contribution in [1.82, 2.24) is 15.2 Å². The maximum absolute atomic E-state index is 12.0. The molecular weight excluding hydrogens is 288 g/mol. The molecule has 0 aliphatic rings. The Kier molecular flexibility index (Phi) is 5.62. The van der Waals surface area contributed by atoms with E-state index in [4.69, 9.17) is 4.74 Å². The summed E-state index contributed by atoms with van der Waals surface area (Å²) in [6.45, 7) is 2.16. The summed E-state index contributed by atoms with van der Waals surface area (Å²) in [4.78, 5) is 16.0. The number of carbonyl (C=O) groups is 1. The average Bonchev–Trinajstić information content (AvgIpc) is 2.95. The third-order valence-corrected chi connectivity index (χ3v) is 3.79. The first-order valence-corrected chi connectivity index (χ1v) is 7.68. The van der Waals surface area contributed by atoms with E-state index in [0.717, 1.165) is 17.8 Å². The monoisotopic (exact) mass is 306 g/mol. The number of hydrogen-bond donors (Lipinski definition) is 1. The Labute approximate surface area is 127 Å². The number of amides is 1. The first-order valence-electron chi connectivity index (χ1n) is 6.86. The zero-order valence-corrected chi connectivity index (χ0v) is 12.9. The van der Waals surface area contributed by atoms with Gasteiger partial charge in [-0.3, -0.25) is 10.1 Å². The van der Waals surface area contributed by atoms with Crippen molar-refractivity contribution in [3.63, 3.8) is 0 Å². The fourth-order valence-electron chi connectivity index (χ4n) is 1.74. The number of anilines is 1. The highest BCUT2D eigenvalue weighted by molar-refractivity contribution is 7.15. The highest BCUT2D eigenvalue weighted by atomic mass is 32.1. The Balaban J connectivity index is 1.92.